The maximum absolute atomic E-state index is 11.3. The molecule has 4 nitrogen and oxygen atoms in total. The first kappa shape index (κ1) is 8.25. The van der Waals surface area contributed by atoms with Gasteiger partial charge in [0.15, 0.2) is 0 Å². The Balaban J connectivity index is 2.34. The van der Waals surface area contributed by atoms with E-state index >= 15 is 0 Å². The van der Waals surface area contributed by atoms with E-state index in [9.17, 15) is 9.59 Å². The average molecular weight is 196 g/mol. The molecule has 3 amide bonds. The number of hydrogen-bond acceptors (Lipinski definition) is 3. The fraction of sp³-hybridized carbons (Fsp3) is 0.250. The Morgan fingerprint density at radius 3 is 2.77 bits per heavy atom. The van der Waals surface area contributed by atoms with Crippen molar-refractivity contribution < 1.29 is 9.59 Å². The third-order valence-electron chi connectivity index (χ3n) is 2.00. The summed E-state index contributed by atoms with van der Waals surface area (Å²) in [5.74, 6) is -0.241. The summed E-state index contributed by atoms with van der Waals surface area (Å²) in [5, 5.41) is 4.15. The number of carbonyl (C=O) groups excluding carboxylic acids is 2. The second-order valence-electron chi connectivity index (χ2n) is 2.82. The summed E-state index contributed by atoms with van der Waals surface area (Å²) in [6, 6.07) is 2.95. The van der Waals surface area contributed by atoms with Gasteiger partial charge in [-0.05, 0) is 11.4 Å². The predicted octanol–water partition coefficient (Wildman–Crippen LogP) is 0.971. The molecule has 2 rings (SSSR count). The average Bonchev–Trinajstić information content (AvgIpc) is 2.63. The second-order valence-corrected chi connectivity index (χ2v) is 3.80. The summed E-state index contributed by atoms with van der Waals surface area (Å²) in [5.41, 5.74) is 0. The van der Waals surface area contributed by atoms with Crippen molar-refractivity contribution in [1.82, 2.24) is 10.2 Å². The zero-order valence-electron chi connectivity index (χ0n) is 6.98. The van der Waals surface area contributed by atoms with Crippen LogP contribution in [0.5, 0.6) is 0 Å². The van der Waals surface area contributed by atoms with Gasteiger partial charge in [-0.3, -0.25) is 10.1 Å². The van der Waals surface area contributed by atoms with E-state index in [0.717, 1.165) is 4.88 Å². The number of rotatable bonds is 1. The van der Waals surface area contributed by atoms with Gasteiger partial charge in [-0.2, -0.15) is 0 Å². The molecule has 2 heterocycles. The first-order chi connectivity index (χ1) is 6.20. The van der Waals surface area contributed by atoms with Gasteiger partial charge in [0.05, 0.1) is 0 Å². The lowest BCUT2D eigenvalue weighted by Crippen LogP contribution is -2.24. The standard InChI is InChI=1S/C8H8N2O2S/c1-10-6(5-3-2-4-13-5)7(11)9-8(10)12/h2-4,6H,1H3,(H,9,11,12). The van der Waals surface area contributed by atoms with Crippen molar-refractivity contribution >= 4 is 23.3 Å². The predicted molar refractivity (Wildman–Crippen MR) is 48.4 cm³/mol. The maximum atomic E-state index is 11.3. The lowest BCUT2D eigenvalue weighted by Gasteiger charge is -2.13. The molecule has 0 radical (unpaired) electrons. The number of carbonyl (C=O) groups is 2. The highest BCUT2D eigenvalue weighted by Gasteiger charge is 2.37. The summed E-state index contributed by atoms with van der Waals surface area (Å²) in [6.07, 6.45) is 0. The molecule has 68 valence electrons. The molecule has 1 unspecified atom stereocenters. The fourth-order valence-corrected chi connectivity index (χ4v) is 2.19. The van der Waals surface area contributed by atoms with E-state index in [1.54, 1.807) is 7.05 Å². The molecule has 1 saturated heterocycles. The Hall–Kier alpha value is -1.36. The lowest BCUT2D eigenvalue weighted by atomic mass is 10.2. The molecule has 1 fully saturated rings. The zero-order valence-corrected chi connectivity index (χ0v) is 7.80. The summed E-state index contributed by atoms with van der Waals surface area (Å²) in [6.45, 7) is 0. The van der Waals surface area contributed by atoms with Crippen LogP contribution < -0.4 is 5.32 Å². The highest BCUT2D eigenvalue weighted by atomic mass is 32.1. The van der Waals surface area contributed by atoms with Crippen molar-refractivity contribution in [2.75, 3.05) is 7.05 Å². The van der Waals surface area contributed by atoms with Gasteiger partial charge in [-0.25, -0.2) is 4.79 Å². The van der Waals surface area contributed by atoms with Crippen LogP contribution in [0.2, 0.25) is 0 Å². The quantitative estimate of drug-likeness (QED) is 0.680. The van der Waals surface area contributed by atoms with Crippen LogP contribution in [-0.4, -0.2) is 23.9 Å². The van der Waals surface area contributed by atoms with Crippen LogP contribution in [0, 0.1) is 0 Å². The van der Waals surface area contributed by atoms with Crippen LogP contribution in [-0.2, 0) is 4.79 Å². The monoisotopic (exact) mass is 196 g/mol. The van der Waals surface area contributed by atoms with E-state index in [0.29, 0.717) is 0 Å². The Morgan fingerprint density at radius 2 is 2.31 bits per heavy atom. The van der Waals surface area contributed by atoms with Crippen molar-refractivity contribution in [3.05, 3.63) is 22.4 Å². The van der Waals surface area contributed by atoms with Crippen LogP contribution in [0.25, 0.3) is 0 Å². The van der Waals surface area contributed by atoms with E-state index in [1.807, 2.05) is 17.5 Å². The molecule has 1 aliphatic rings. The molecule has 0 bridgehead atoms. The Bertz CT molecular complexity index is 347. The highest BCUT2D eigenvalue weighted by molar-refractivity contribution is 7.10. The van der Waals surface area contributed by atoms with Gasteiger partial charge in [0.2, 0.25) is 0 Å². The minimum atomic E-state index is -0.438. The van der Waals surface area contributed by atoms with E-state index < -0.39 is 6.04 Å². The molecule has 0 aliphatic carbocycles. The molecule has 1 N–H and O–H groups in total. The van der Waals surface area contributed by atoms with Crippen LogP contribution in [0.3, 0.4) is 0 Å². The van der Waals surface area contributed by atoms with Gasteiger partial charge in [-0.15, -0.1) is 11.3 Å². The van der Waals surface area contributed by atoms with Crippen molar-refractivity contribution in [3.63, 3.8) is 0 Å². The third-order valence-corrected chi connectivity index (χ3v) is 2.92. The molecule has 5 heteroatoms. The van der Waals surface area contributed by atoms with Crippen molar-refractivity contribution in [2.24, 2.45) is 0 Å². The Morgan fingerprint density at radius 1 is 1.54 bits per heavy atom. The van der Waals surface area contributed by atoms with Gasteiger partial charge < -0.3 is 4.90 Å². The minimum absolute atomic E-state index is 0.241. The molecule has 13 heavy (non-hydrogen) atoms. The molecule has 0 spiro atoms. The summed E-state index contributed by atoms with van der Waals surface area (Å²) in [4.78, 5) is 24.7. The Labute approximate surface area is 79.2 Å². The number of hydrogen-bond donors (Lipinski definition) is 1. The minimum Gasteiger partial charge on any atom is -0.311 e. The van der Waals surface area contributed by atoms with E-state index in [1.165, 1.54) is 16.2 Å². The molecule has 1 aliphatic heterocycles. The summed E-state index contributed by atoms with van der Waals surface area (Å²) >= 11 is 1.48. The van der Waals surface area contributed by atoms with Crippen molar-refractivity contribution in [2.45, 2.75) is 6.04 Å². The first-order valence-electron chi connectivity index (χ1n) is 3.81. The van der Waals surface area contributed by atoms with Gasteiger partial charge in [-0.1, -0.05) is 6.07 Å². The lowest BCUT2D eigenvalue weighted by molar-refractivity contribution is -0.121. The zero-order chi connectivity index (χ0) is 9.42. The topological polar surface area (TPSA) is 49.4 Å². The number of imide groups is 1. The van der Waals surface area contributed by atoms with Gasteiger partial charge in [0, 0.05) is 11.9 Å². The third kappa shape index (κ3) is 1.21. The largest absolute Gasteiger partial charge is 0.324 e. The number of likely N-dealkylation sites (N-methyl/N-ethyl adjacent to an activating group) is 1. The number of urea groups is 1. The van der Waals surface area contributed by atoms with E-state index in [4.69, 9.17) is 0 Å². The van der Waals surface area contributed by atoms with Crippen LogP contribution in [0.1, 0.15) is 10.9 Å². The normalized spacial score (nSPS) is 22.2. The first-order valence-corrected chi connectivity index (χ1v) is 4.69. The molecular weight excluding hydrogens is 188 g/mol. The van der Waals surface area contributed by atoms with Crippen molar-refractivity contribution in [3.8, 4) is 0 Å². The summed E-state index contributed by atoms with van der Waals surface area (Å²) in [7, 11) is 1.62. The Kier molecular flexibility index (Phi) is 1.81. The molecule has 0 saturated carbocycles. The molecule has 1 aromatic heterocycles. The van der Waals surface area contributed by atoms with Crippen LogP contribution in [0.4, 0.5) is 4.79 Å². The molecule has 1 aromatic rings. The van der Waals surface area contributed by atoms with E-state index in [2.05, 4.69) is 5.32 Å². The molecule has 0 aromatic carbocycles. The highest BCUT2D eigenvalue weighted by Crippen LogP contribution is 2.27. The second kappa shape index (κ2) is 2.85. The smallest absolute Gasteiger partial charge is 0.311 e. The van der Waals surface area contributed by atoms with Gasteiger partial charge in [0.1, 0.15) is 6.04 Å². The van der Waals surface area contributed by atoms with E-state index in [-0.39, 0.29) is 11.9 Å². The van der Waals surface area contributed by atoms with Gasteiger partial charge >= 0.3 is 6.03 Å². The van der Waals surface area contributed by atoms with Crippen LogP contribution in [0.15, 0.2) is 17.5 Å². The van der Waals surface area contributed by atoms with Gasteiger partial charge in [0.25, 0.3) is 5.91 Å². The maximum Gasteiger partial charge on any atom is 0.324 e. The number of nitrogens with zero attached hydrogens (tertiary/aromatic N) is 1. The number of amides is 3. The molecular formula is C8H8N2O2S. The van der Waals surface area contributed by atoms with Crippen molar-refractivity contribution in [1.29, 1.82) is 0 Å². The molecule has 1 atom stereocenters. The SMILES string of the molecule is CN1C(=O)NC(=O)C1c1cccs1. The van der Waals surface area contributed by atoms with Crippen LogP contribution >= 0.6 is 11.3 Å². The summed E-state index contributed by atoms with van der Waals surface area (Å²) < 4.78 is 0. The fourth-order valence-electron chi connectivity index (χ4n) is 1.32. The number of thiophene rings is 1. The number of nitrogens with one attached hydrogen (secondary N) is 1.